The van der Waals surface area contributed by atoms with Gasteiger partial charge < -0.3 is 9.72 Å². The lowest BCUT2D eigenvalue weighted by Crippen LogP contribution is -2.43. The Bertz CT molecular complexity index is 706. The number of amides is 2. The molecule has 0 aliphatic rings. The first-order chi connectivity index (χ1) is 10.5. The third-order valence-corrected chi connectivity index (χ3v) is 3.54. The van der Waals surface area contributed by atoms with Gasteiger partial charge in [0.2, 0.25) is 0 Å². The third-order valence-electron chi connectivity index (χ3n) is 2.46. The van der Waals surface area contributed by atoms with Crippen LogP contribution in [-0.4, -0.2) is 23.4 Å². The minimum atomic E-state index is -0.560. The molecule has 1 aromatic carbocycles. The molecule has 2 aromatic rings. The Labute approximate surface area is 141 Å². The van der Waals surface area contributed by atoms with E-state index in [1.54, 1.807) is 12.3 Å². The maximum atomic E-state index is 12.9. The van der Waals surface area contributed by atoms with Crippen LogP contribution in [0.5, 0.6) is 5.75 Å². The molecule has 0 saturated carbocycles. The van der Waals surface area contributed by atoms with E-state index in [-0.39, 0.29) is 12.3 Å². The minimum Gasteiger partial charge on any atom is -0.483 e. The standard InChI is InChI=1S/C13H10Br2FN3O3/c14-7-3-10(17-5-7)13(21)19-18-12(20)6-22-11-2-1-8(16)4-9(11)15/h1-5,17H,6H2,(H,18,20)(H,19,21). The fourth-order valence-corrected chi connectivity index (χ4v) is 2.27. The average molecular weight is 435 g/mol. The second kappa shape index (κ2) is 7.41. The topological polar surface area (TPSA) is 83.2 Å². The van der Waals surface area contributed by atoms with Crippen LogP contribution >= 0.6 is 31.9 Å². The van der Waals surface area contributed by atoms with Crippen molar-refractivity contribution in [2.45, 2.75) is 0 Å². The Morgan fingerprint density at radius 1 is 1.23 bits per heavy atom. The van der Waals surface area contributed by atoms with Crippen molar-refractivity contribution in [1.82, 2.24) is 15.8 Å². The van der Waals surface area contributed by atoms with Gasteiger partial charge in [-0.15, -0.1) is 0 Å². The highest BCUT2D eigenvalue weighted by molar-refractivity contribution is 9.10. The first kappa shape index (κ1) is 16.5. The van der Waals surface area contributed by atoms with Crippen molar-refractivity contribution in [1.29, 1.82) is 0 Å². The van der Waals surface area contributed by atoms with Crippen molar-refractivity contribution in [3.63, 3.8) is 0 Å². The van der Waals surface area contributed by atoms with E-state index < -0.39 is 17.6 Å². The van der Waals surface area contributed by atoms with E-state index in [4.69, 9.17) is 4.74 Å². The number of hydrazine groups is 1. The number of ether oxygens (including phenoxy) is 1. The largest absolute Gasteiger partial charge is 0.483 e. The Morgan fingerprint density at radius 2 is 2.00 bits per heavy atom. The average Bonchev–Trinajstić information content (AvgIpc) is 2.90. The fourth-order valence-electron chi connectivity index (χ4n) is 1.46. The molecule has 116 valence electrons. The molecule has 2 amide bonds. The van der Waals surface area contributed by atoms with Gasteiger partial charge in [0.1, 0.15) is 17.3 Å². The van der Waals surface area contributed by atoms with Crippen LogP contribution in [0.3, 0.4) is 0 Å². The molecule has 0 spiro atoms. The van der Waals surface area contributed by atoms with Crippen LogP contribution in [0.4, 0.5) is 4.39 Å². The lowest BCUT2D eigenvalue weighted by atomic mass is 10.3. The Balaban J connectivity index is 1.79. The first-order valence-corrected chi connectivity index (χ1v) is 7.55. The SMILES string of the molecule is O=C(COc1ccc(F)cc1Br)NNC(=O)c1cc(Br)c[nH]1. The maximum absolute atomic E-state index is 12.9. The molecule has 6 nitrogen and oxygen atoms in total. The molecule has 22 heavy (non-hydrogen) atoms. The van der Waals surface area contributed by atoms with E-state index >= 15 is 0 Å². The zero-order valence-corrected chi connectivity index (χ0v) is 14.1. The number of aromatic nitrogens is 1. The second-order valence-corrected chi connectivity index (χ2v) is 5.87. The molecule has 0 saturated heterocycles. The van der Waals surface area contributed by atoms with Gasteiger partial charge in [-0.05, 0) is 56.1 Å². The molecule has 1 aromatic heterocycles. The van der Waals surface area contributed by atoms with Crippen molar-refractivity contribution in [3.05, 3.63) is 50.9 Å². The summed E-state index contributed by atoms with van der Waals surface area (Å²) in [5, 5.41) is 0. The molecule has 9 heteroatoms. The second-order valence-electron chi connectivity index (χ2n) is 4.10. The number of benzene rings is 1. The molecule has 0 aliphatic heterocycles. The lowest BCUT2D eigenvalue weighted by Gasteiger charge is -2.09. The number of carbonyl (C=O) groups excluding carboxylic acids is 2. The summed E-state index contributed by atoms with van der Waals surface area (Å²) >= 11 is 6.31. The smallest absolute Gasteiger partial charge is 0.286 e. The van der Waals surface area contributed by atoms with Gasteiger partial charge in [-0.25, -0.2) is 4.39 Å². The summed E-state index contributed by atoms with van der Waals surface area (Å²) in [6.45, 7) is -0.334. The van der Waals surface area contributed by atoms with E-state index in [1.165, 1.54) is 18.2 Å². The highest BCUT2D eigenvalue weighted by atomic mass is 79.9. The number of hydrogen-bond acceptors (Lipinski definition) is 3. The van der Waals surface area contributed by atoms with Gasteiger partial charge in [0, 0.05) is 10.7 Å². The summed E-state index contributed by atoms with van der Waals surface area (Å²) < 4.78 is 19.2. The molecule has 1 heterocycles. The van der Waals surface area contributed by atoms with Crippen LogP contribution in [0, 0.1) is 5.82 Å². The summed E-state index contributed by atoms with van der Waals surface area (Å²) in [6.07, 6.45) is 1.59. The first-order valence-electron chi connectivity index (χ1n) is 5.96. The molecule has 0 bridgehead atoms. The molecule has 0 radical (unpaired) electrons. The van der Waals surface area contributed by atoms with Crippen LogP contribution in [0.2, 0.25) is 0 Å². The fraction of sp³-hybridized carbons (Fsp3) is 0.0769. The monoisotopic (exact) mass is 433 g/mol. The van der Waals surface area contributed by atoms with E-state index in [0.29, 0.717) is 14.7 Å². The van der Waals surface area contributed by atoms with Gasteiger partial charge in [-0.3, -0.25) is 20.4 Å². The Kier molecular flexibility index (Phi) is 5.56. The summed E-state index contributed by atoms with van der Waals surface area (Å²) in [7, 11) is 0. The molecular weight excluding hydrogens is 425 g/mol. The zero-order chi connectivity index (χ0) is 16.1. The highest BCUT2D eigenvalue weighted by Gasteiger charge is 2.10. The predicted octanol–water partition coefficient (Wildman–Crippen LogP) is 2.52. The van der Waals surface area contributed by atoms with Crippen molar-refractivity contribution in [3.8, 4) is 5.75 Å². The summed E-state index contributed by atoms with van der Waals surface area (Å²) in [6, 6.07) is 5.39. The van der Waals surface area contributed by atoms with Gasteiger partial charge in [-0.1, -0.05) is 0 Å². The van der Waals surface area contributed by atoms with Gasteiger partial charge >= 0.3 is 0 Å². The third kappa shape index (κ3) is 4.57. The van der Waals surface area contributed by atoms with Crippen LogP contribution in [0.25, 0.3) is 0 Å². The minimum absolute atomic E-state index is 0.286. The van der Waals surface area contributed by atoms with E-state index in [0.717, 1.165) is 0 Å². The molecular formula is C13H10Br2FN3O3. The van der Waals surface area contributed by atoms with Crippen LogP contribution in [-0.2, 0) is 4.79 Å². The van der Waals surface area contributed by atoms with Crippen LogP contribution in [0.1, 0.15) is 10.5 Å². The maximum Gasteiger partial charge on any atom is 0.286 e. The van der Waals surface area contributed by atoms with Crippen molar-refractivity contribution in [2.75, 3.05) is 6.61 Å². The van der Waals surface area contributed by atoms with Gasteiger partial charge in [0.05, 0.1) is 4.47 Å². The van der Waals surface area contributed by atoms with Crippen LogP contribution < -0.4 is 15.6 Å². The molecule has 0 atom stereocenters. The Hall–Kier alpha value is -1.87. The highest BCUT2D eigenvalue weighted by Crippen LogP contribution is 2.25. The number of carbonyl (C=O) groups is 2. The number of hydrogen-bond donors (Lipinski definition) is 3. The van der Waals surface area contributed by atoms with Crippen molar-refractivity contribution < 1.29 is 18.7 Å². The molecule has 0 aliphatic carbocycles. The lowest BCUT2D eigenvalue weighted by molar-refractivity contribution is -0.123. The number of halogens is 3. The van der Waals surface area contributed by atoms with Gasteiger partial charge in [0.15, 0.2) is 6.61 Å². The zero-order valence-electron chi connectivity index (χ0n) is 11.0. The van der Waals surface area contributed by atoms with Crippen LogP contribution in [0.15, 0.2) is 39.4 Å². The van der Waals surface area contributed by atoms with Gasteiger partial charge in [-0.2, -0.15) is 0 Å². The van der Waals surface area contributed by atoms with Gasteiger partial charge in [0.25, 0.3) is 11.8 Å². The van der Waals surface area contributed by atoms with Crippen molar-refractivity contribution in [2.24, 2.45) is 0 Å². The quantitative estimate of drug-likeness (QED) is 0.646. The van der Waals surface area contributed by atoms with Crippen molar-refractivity contribution >= 4 is 43.7 Å². The summed E-state index contributed by atoms with van der Waals surface area (Å²) in [5.74, 6) is -1.17. The molecule has 3 N–H and O–H groups in total. The number of H-pyrrole nitrogens is 1. The summed E-state index contributed by atoms with van der Waals surface area (Å²) in [4.78, 5) is 26.0. The molecule has 0 unspecified atom stereocenters. The van der Waals surface area contributed by atoms with E-state index in [2.05, 4.69) is 47.7 Å². The predicted molar refractivity (Wildman–Crippen MR) is 83.7 cm³/mol. The Morgan fingerprint density at radius 3 is 2.64 bits per heavy atom. The number of aromatic amines is 1. The number of rotatable bonds is 4. The van der Waals surface area contributed by atoms with E-state index in [9.17, 15) is 14.0 Å². The number of nitrogens with one attached hydrogen (secondary N) is 3. The van der Waals surface area contributed by atoms with E-state index in [1.807, 2.05) is 0 Å². The molecule has 2 rings (SSSR count). The summed E-state index contributed by atoms with van der Waals surface area (Å²) in [5.41, 5.74) is 4.72. The molecule has 0 fully saturated rings. The normalized spacial score (nSPS) is 10.1.